The van der Waals surface area contributed by atoms with E-state index in [1.165, 1.54) is 24.9 Å². The van der Waals surface area contributed by atoms with Crippen LogP contribution >= 0.6 is 0 Å². The molecule has 17 nitrogen and oxygen atoms in total. The number of ether oxygens (including phenoxy) is 1. The zero-order valence-electron chi connectivity index (χ0n) is 37.2. The van der Waals surface area contributed by atoms with Crippen LogP contribution in [0.25, 0.3) is 0 Å². The highest BCUT2D eigenvalue weighted by Gasteiger charge is 2.45. The number of aliphatic hydroxyl groups excluding tert-OH is 1. The van der Waals surface area contributed by atoms with Gasteiger partial charge in [-0.1, -0.05) is 87.0 Å². The number of carbonyl (C=O) groups excluding carboxylic acids is 8. The molecule has 1 aliphatic rings. The minimum absolute atomic E-state index is 0.00376. The van der Waals surface area contributed by atoms with Crippen LogP contribution in [0.5, 0.6) is 0 Å². The summed E-state index contributed by atoms with van der Waals surface area (Å²) in [6, 6.07) is -5.82. The summed E-state index contributed by atoms with van der Waals surface area (Å²) in [4.78, 5) is 107. The topological polar surface area (TPSA) is 255 Å². The fraction of sp³-hybridized carbons (Fsp3) is 0.810. The van der Waals surface area contributed by atoms with E-state index in [1.54, 1.807) is 27.7 Å². The number of primary amides is 1. The normalized spacial score (nSPS) is 17.5. The average Bonchev–Trinajstić information content (AvgIpc) is 3.54. The van der Waals surface area contributed by atoms with Gasteiger partial charge in [0, 0.05) is 25.8 Å². The number of hydrogen-bond acceptors (Lipinski definition) is 10. The fourth-order valence-corrected chi connectivity index (χ4v) is 7.03. The highest BCUT2D eigenvalue weighted by molar-refractivity contribution is 5.98. The second kappa shape index (κ2) is 26.0. The molecule has 338 valence electrons. The number of likely N-dealkylation sites (tertiary alicyclic amines) is 1. The second-order valence-corrected chi connectivity index (χ2v) is 17.6. The lowest BCUT2D eigenvalue weighted by Gasteiger charge is -2.34. The van der Waals surface area contributed by atoms with Crippen LogP contribution in [0.4, 0.5) is 0 Å². The largest absolute Gasteiger partial charge is 0.467 e. The van der Waals surface area contributed by atoms with E-state index in [9.17, 15) is 43.5 Å². The number of unbranched alkanes of at least 4 members (excludes halogenated alkanes) is 6. The summed E-state index contributed by atoms with van der Waals surface area (Å²) in [5.74, 6) is -5.73. The van der Waals surface area contributed by atoms with Gasteiger partial charge in [-0.2, -0.15) is 0 Å². The standard InChI is InChI=1S/C42H75N7O10/c1-11-12-13-14-15-16-17-18-34(52)48-42(8,9)41(58)49-24-28(50)23-32(49)38(55)45-30(21-25(2)3)37(54)47-35(27(6)7)39(56)44-29(19-20-33(43)51)36(53)46-31(22-26(4)5)40(57)59-10/h25-32,35,50H,11-24H2,1-10H3,(H2,43,51)(H,44,56)(H,45,55)(H,46,53)(H,47,54)(H,48,52)/t28-,29-,30-,31-,32-,35-/m0/s1. The van der Waals surface area contributed by atoms with Crippen molar-refractivity contribution in [1.82, 2.24) is 31.5 Å². The van der Waals surface area contributed by atoms with Gasteiger partial charge in [-0.25, -0.2) is 4.79 Å². The summed E-state index contributed by atoms with van der Waals surface area (Å²) >= 11 is 0. The number of β-amino-alcohol motifs (C(OH)–C–C–N with tert-alkyl or cyclic N) is 1. The third kappa shape index (κ3) is 19.1. The van der Waals surface area contributed by atoms with Crippen molar-refractivity contribution in [1.29, 1.82) is 0 Å². The Labute approximate surface area is 351 Å². The van der Waals surface area contributed by atoms with Gasteiger partial charge in [0.15, 0.2) is 0 Å². The fourth-order valence-electron chi connectivity index (χ4n) is 7.03. The first kappa shape index (κ1) is 52.7. The van der Waals surface area contributed by atoms with Crippen molar-refractivity contribution >= 4 is 47.3 Å². The quantitative estimate of drug-likeness (QED) is 0.0469. The highest BCUT2D eigenvalue weighted by atomic mass is 16.5. The maximum atomic E-state index is 13.9. The molecular weight excluding hydrogens is 763 g/mol. The minimum Gasteiger partial charge on any atom is -0.467 e. The average molecular weight is 838 g/mol. The van der Waals surface area contributed by atoms with Crippen molar-refractivity contribution in [3.05, 3.63) is 0 Å². The van der Waals surface area contributed by atoms with Crippen molar-refractivity contribution in [2.45, 2.75) is 188 Å². The Bertz CT molecular complexity index is 1420. The summed E-state index contributed by atoms with van der Waals surface area (Å²) < 4.78 is 4.83. The molecule has 59 heavy (non-hydrogen) atoms. The van der Waals surface area contributed by atoms with Gasteiger partial charge >= 0.3 is 5.97 Å². The molecule has 0 saturated carbocycles. The van der Waals surface area contributed by atoms with E-state index in [0.717, 1.165) is 25.7 Å². The Hall–Kier alpha value is -4.28. The highest BCUT2D eigenvalue weighted by Crippen LogP contribution is 2.23. The number of rotatable bonds is 27. The Morgan fingerprint density at radius 3 is 1.83 bits per heavy atom. The molecule has 1 rings (SSSR count). The first-order valence-electron chi connectivity index (χ1n) is 21.4. The summed E-state index contributed by atoms with van der Waals surface area (Å²) in [6.45, 7) is 15.9. The third-order valence-corrected chi connectivity index (χ3v) is 10.2. The Morgan fingerprint density at radius 1 is 0.746 bits per heavy atom. The number of hydrogen-bond donors (Lipinski definition) is 7. The maximum absolute atomic E-state index is 13.9. The number of esters is 1. The van der Waals surface area contributed by atoms with E-state index in [4.69, 9.17) is 10.5 Å². The first-order chi connectivity index (χ1) is 27.5. The molecule has 1 heterocycles. The van der Waals surface area contributed by atoms with Gasteiger partial charge in [-0.15, -0.1) is 0 Å². The molecule has 0 radical (unpaired) electrons. The van der Waals surface area contributed by atoms with Crippen LogP contribution in [0.3, 0.4) is 0 Å². The van der Waals surface area contributed by atoms with E-state index in [2.05, 4.69) is 33.5 Å². The van der Waals surface area contributed by atoms with Crippen LogP contribution < -0.4 is 32.3 Å². The zero-order chi connectivity index (χ0) is 45.0. The summed E-state index contributed by atoms with van der Waals surface area (Å²) in [5, 5.41) is 24.0. The molecule has 1 saturated heterocycles. The summed E-state index contributed by atoms with van der Waals surface area (Å²) in [5.41, 5.74) is 3.97. The smallest absolute Gasteiger partial charge is 0.328 e. The molecule has 7 amide bonds. The third-order valence-electron chi connectivity index (χ3n) is 10.2. The van der Waals surface area contributed by atoms with Crippen molar-refractivity contribution in [2.24, 2.45) is 23.5 Å². The Kier molecular flexibility index (Phi) is 23.3. The van der Waals surface area contributed by atoms with Crippen LogP contribution in [0.2, 0.25) is 0 Å². The first-order valence-corrected chi connectivity index (χ1v) is 21.4. The lowest BCUT2D eigenvalue weighted by molar-refractivity contribution is -0.146. The van der Waals surface area contributed by atoms with Crippen molar-refractivity contribution in [2.75, 3.05) is 13.7 Å². The molecule has 0 bridgehead atoms. The molecule has 0 aliphatic carbocycles. The van der Waals surface area contributed by atoms with E-state index in [-0.39, 0.29) is 62.8 Å². The van der Waals surface area contributed by atoms with Crippen molar-refractivity contribution in [3.63, 3.8) is 0 Å². The summed E-state index contributed by atoms with van der Waals surface area (Å²) in [7, 11) is 1.19. The van der Waals surface area contributed by atoms with Crippen molar-refractivity contribution < 1.29 is 48.2 Å². The van der Waals surface area contributed by atoms with Gasteiger partial charge in [-0.3, -0.25) is 33.6 Å². The minimum atomic E-state index is -1.38. The number of nitrogens with two attached hydrogens (primary N) is 1. The van der Waals surface area contributed by atoms with Gasteiger partial charge < -0.3 is 47.1 Å². The zero-order valence-corrected chi connectivity index (χ0v) is 37.2. The van der Waals surface area contributed by atoms with Crippen LogP contribution in [0.15, 0.2) is 0 Å². The number of aliphatic hydroxyl groups is 1. The predicted molar refractivity (Wildman–Crippen MR) is 223 cm³/mol. The molecule has 8 N–H and O–H groups in total. The lowest BCUT2D eigenvalue weighted by atomic mass is 9.98. The number of carbonyl (C=O) groups is 8. The van der Waals surface area contributed by atoms with Crippen LogP contribution in [-0.4, -0.2) is 113 Å². The molecule has 0 unspecified atom stereocenters. The van der Waals surface area contributed by atoms with Gasteiger partial charge in [0.2, 0.25) is 41.4 Å². The molecule has 0 spiro atoms. The number of methoxy groups -OCH3 is 1. The molecular formula is C42H75N7O10. The SMILES string of the molecule is CCCCCCCCCC(=O)NC(C)(C)C(=O)N1C[C@@H](O)C[C@H]1C(=O)N[C@@H](CC(C)C)C(=O)N[C@H](C(=O)N[C@@H](CCC(N)=O)C(=O)N[C@@H](CC(C)C)C(=O)OC)C(C)C. The van der Waals surface area contributed by atoms with Gasteiger partial charge in [0.25, 0.3) is 0 Å². The number of nitrogens with zero attached hydrogens (tertiary/aromatic N) is 1. The van der Waals surface area contributed by atoms with Gasteiger partial charge in [0.05, 0.1) is 13.2 Å². The molecule has 1 fully saturated rings. The Morgan fingerprint density at radius 2 is 1.29 bits per heavy atom. The number of nitrogens with one attached hydrogen (secondary N) is 5. The van der Waals surface area contributed by atoms with E-state index in [1.807, 2.05) is 27.7 Å². The molecule has 1 aliphatic heterocycles. The molecule has 0 aromatic carbocycles. The van der Waals surface area contributed by atoms with Crippen molar-refractivity contribution in [3.8, 4) is 0 Å². The maximum Gasteiger partial charge on any atom is 0.328 e. The van der Waals surface area contributed by atoms with Gasteiger partial charge in [-0.05, 0) is 57.3 Å². The lowest BCUT2D eigenvalue weighted by Crippen LogP contribution is -2.61. The molecule has 17 heteroatoms. The van der Waals surface area contributed by atoms with Crippen LogP contribution in [-0.2, 0) is 43.1 Å². The van der Waals surface area contributed by atoms with E-state index >= 15 is 0 Å². The Balaban J connectivity index is 3.15. The monoisotopic (exact) mass is 838 g/mol. The van der Waals surface area contributed by atoms with Gasteiger partial charge in [0.1, 0.15) is 35.7 Å². The van der Waals surface area contributed by atoms with Crippen LogP contribution in [0.1, 0.15) is 146 Å². The predicted octanol–water partition coefficient (Wildman–Crippen LogP) is 2.11. The van der Waals surface area contributed by atoms with E-state index in [0.29, 0.717) is 6.42 Å². The molecule has 6 atom stereocenters. The van der Waals surface area contributed by atoms with Crippen LogP contribution in [0, 0.1) is 17.8 Å². The second-order valence-electron chi connectivity index (χ2n) is 17.6. The number of amides is 7. The molecule has 0 aromatic heterocycles. The molecule has 0 aromatic rings. The van der Waals surface area contributed by atoms with E-state index < -0.39 is 89.2 Å². The summed E-state index contributed by atoms with van der Waals surface area (Å²) in [6.07, 6.45) is 6.38.